The molecule has 0 heterocycles. The van der Waals surface area contributed by atoms with E-state index in [1.54, 1.807) is 30.3 Å². The fourth-order valence-electron chi connectivity index (χ4n) is 1.78. The third-order valence-corrected chi connectivity index (χ3v) is 3.74. The van der Waals surface area contributed by atoms with Crippen LogP contribution < -0.4 is 15.8 Å². The normalized spacial score (nSPS) is 10.7. The second kappa shape index (κ2) is 6.95. The van der Waals surface area contributed by atoms with Gasteiger partial charge in [-0.2, -0.15) is 8.78 Å². The van der Waals surface area contributed by atoms with Gasteiger partial charge in [-0.3, -0.25) is 0 Å². The number of hydrogen-bond acceptors (Lipinski definition) is 3. The Morgan fingerprint density at radius 2 is 2.05 bits per heavy atom. The van der Waals surface area contributed by atoms with Gasteiger partial charge in [0.15, 0.2) is 0 Å². The minimum Gasteiger partial charge on any atom is -0.434 e. The van der Waals surface area contributed by atoms with Gasteiger partial charge >= 0.3 is 6.61 Å². The maximum atomic E-state index is 12.4. The van der Waals surface area contributed by atoms with Gasteiger partial charge in [-0.1, -0.05) is 33.6 Å². The van der Waals surface area contributed by atoms with E-state index in [1.807, 2.05) is 0 Å². The van der Waals surface area contributed by atoms with Crippen molar-refractivity contribution in [1.82, 2.24) is 0 Å². The average Bonchev–Trinajstić information content (AvgIpc) is 2.41. The summed E-state index contributed by atoms with van der Waals surface area (Å²) in [4.78, 5) is 0. The van der Waals surface area contributed by atoms with Crippen molar-refractivity contribution >= 4 is 38.9 Å². The maximum Gasteiger partial charge on any atom is 0.387 e. The lowest BCUT2D eigenvalue weighted by Gasteiger charge is -2.15. The van der Waals surface area contributed by atoms with Crippen molar-refractivity contribution in [2.45, 2.75) is 13.2 Å². The molecule has 0 unspecified atom stereocenters. The van der Waals surface area contributed by atoms with Crippen LogP contribution in [0.25, 0.3) is 0 Å². The van der Waals surface area contributed by atoms with E-state index in [0.29, 0.717) is 26.4 Å². The Labute approximate surface area is 134 Å². The van der Waals surface area contributed by atoms with Crippen molar-refractivity contribution in [2.24, 2.45) is 0 Å². The largest absolute Gasteiger partial charge is 0.434 e. The Bertz CT molecular complexity index is 640. The zero-order valence-corrected chi connectivity index (χ0v) is 13.1. The lowest BCUT2D eigenvalue weighted by atomic mass is 10.2. The Morgan fingerprint density at radius 1 is 1.29 bits per heavy atom. The molecule has 21 heavy (non-hydrogen) atoms. The second-order valence-corrected chi connectivity index (χ2v) is 5.47. The molecular formula is C14H12BrClF2N2O. The minimum atomic E-state index is -2.88. The summed E-state index contributed by atoms with van der Waals surface area (Å²) in [6, 6.07) is 9.86. The highest BCUT2D eigenvalue weighted by Gasteiger charge is 2.12. The zero-order valence-electron chi connectivity index (χ0n) is 10.7. The Morgan fingerprint density at radius 3 is 2.76 bits per heavy atom. The summed E-state index contributed by atoms with van der Waals surface area (Å²) < 4.78 is 30.0. The van der Waals surface area contributed by atoms with Crippen LogP contribution in [0.1, 0.15) is 5.56 Å². The van der Waals surface area contributed by atoms with Gasteiger partial charge in [0.2, 0.25) is 0 Å². The van der Waals surface area contributed by atoms with E-state index in [-0.39, 0.29) is 12.3 Å². The van der Waals surface area contributed by atoms with Crippen LogP contribution in [-0.4, -0.2) is 6.61 Å². The van der Waals surface area contributed by atoms with Crippen molar-refractivity contribution in [3.63, 3.8) is 0 Å². The van der Waals surface area contributed by atoms with E-state index in [4.69, 9.17) is 17.3 Å². The van der Waals surface area contributed by atoms with Crippen molar-refractivity contribution in [3.05, 3.63) is 51.5 Å². The molecule has 0 aliphatic rings. The van der Waals surface area contributed by atoms with Crippen LogP contribution in [0.2, 0.25) is 5.02 Å². The molecular weight excluding hydrogens is 366 g/mol. The van der Waals surface area contributed by atoms with Crippen molar-refractivity contribution in [2.75, 3.05) is 11.1 Å². The predicted molar refractivity (Wildman–Crippen MR) is 84.0 cm³/mol. The van der Waals surface area contributed by atoms with Crippen LogP contribution >= 0.6 is 27.5 Å². The quantitative estimate of drug-likeness (QED) is 0.729. The summed E-state index contributed by atoms with van der Waals surface area (Å²) >= 11 is 9.22. The van der Waals surface area contributed by atoms with Crippen LogP contribution in [0.5, 0.6) is 5.75 Å². The number of ether oxygens (including phenoxy) is 1. The summed E-state index contributed by atoms with van der Waals surface area (Å²) in [6.07, 6.45) is 0. The van der Waals surface area contributed by atoms with E-state index in [0.717, 1.165) is 0 Å². The van der Waals surface area contributed by atoms with E-state index in [9.17, 15) is 8.78 Å². The Balaban J connectivity index is 2.21. The molecule has 2 rings (SSSR count). The highest BCUT2D eigenvalue weighted by Crippen LogP contribution is 2.30. The summed E-state index contributed by atoms with van der Waals surface area (Å²) in [5.41, 5.74) is 7.54. The number of halogens is 4. The van der Waals surface area contributed by atoms with Crippen molar-refractivity contribution < 1.29 is 13.5 Å². The number of hydrogen-bond donors (Lipinski definition) is 2. The monoisotopic (exact) mass is 376 g/mol. The molecule has 2 aromatic rings. The third kappa shape index (κ3) is 4.22. The first kappa shape index (κ1) is 15.9. The standard InChI is InChI=1S/C14H12BrClF2N2O/c15-10-2-1-3-13(21-14(17)18)9(10)7-20-12-6-8(16)4-5-11(12)19/h1-6,14,20H,7,19H2. The fourth-order valence-corrected chi connectivity index (χ4v) is 2.44. The summed E-state index contributed by atoms with van der Waals surface area (Å²) in [5.74, 6) is 0.104. The van der Waals surface area contributed by atoms with Gasteiger partial charge < -0.3 is 15.8 Å². The molecule has 0 amide bonds. The predicted octanol–water partition coefficient (Wildman–Crippen LogP) is 4.90. The smallest absolute Gasteiger partial charge is 0.387 e. The highest BCUT2D eigenvalue weighted by molar-refractivity contribution is 9.10. The van der Waals surface area contributed by atoms with Gasteiger partial charge in [-0.05, 0) is 30.3 Å². The fraction of sp³-hybridized carbons (Fsp3) is 0.143. The molecule has 3 N–H and O–H groups in total. The first-order chi connectivity index (χ1) is 9.97. The molecule has 7 heteroatoms. The summed E-state index contributed by atoms with van der Waals surface area (Å²) in [5, 5.41) is 3.59. The first-order valence-electron chi connectivity index (χ1n) is 5.98. The van der Waals surface area contributed by atoms with Crippen LogP contribution in [0.3, 0.4) is 0 Å². The number of anilines is 2. The molecule has 2 aromatic carbocycles. The molecule has 112 valence electrons. The lowest BCUT2D eigenvalue weighted by Crippen LogP contribution is -2.08. The highest BCUT2D eigenvalue weighted by atomic mass is 79.9. The summed E-state index contributed by atoms with van der Waals surface area (Å²) in [7, 11) is 0. The van der Waals surface area contributed by atoms with Crippen LogP contribution in [0.15, 0.2) is 40.9 Å². The molecule has 0 fully saturated rings. The molecule has 0 spiro atoms. The average molecular weight is 378 g/mol. The first-order valence-corrected chi connectivity index (χ1v) is 7.15. The molecule has 0 aliphatic carbocycles. The number of rotatable bonds is 5. The molecule has 0 bridgehead atoms. The second-order valence-electron chi connectivity index (χ2n) is 4.18. The number of alkyl halides is 2. The van der Waals surface area contributed by atoms with Crippen molar-refractivity contribution in [3.8, 4) is 5.75 Å². The van der Waals surface area contributed by atoms with Crippen molar-refractivity contribution in [1.29, 1.82) is 0 Å². The zero-order chi connectivity index (χ0) is 15.4. The van der Waals surface area contributed by atoms with Crippen LogP contribution in [-0.2, 0) is 6.54 Å². The Hall–Kier alpha value is -1.53. The molecule has 0 aliphatic heterocycles. The van der Waals surface area contributed by atoms with Gasteiger partial charge in [0.05, 0.1) is 11.4 Å². The Kier molecular flexibility index (Phi) is 5.25. The lowest BCUT2D eigenvalue weighted by molar-refractivity contribution is -0.0504. The number of nitrogen functional groups attached to an aromatic ring is 1. The van der Waals surface area contributed by atoms with E-state index in [1.165, 1.54) is 6.07 Å². The minimum absolute atomic E-state index is 0.104. The van der Waals surface area contributed by atoms with Gasteiger partial charge in [0, 0.05) is 21.6 Å². The molecule has 3 nitrogen and oxygen atoms in total. The number of nitrogens with two attached hydrogens (primary N) is 1. The molecule has 0 atom stereocenters. The van der Waals surface area contributed by atoms with E-state index in [2.05, 4.69) is 26.0 Å². The molecule has 0 aromatic heterocycles. The molecule has 0 saturated carbocycles. The van der Waals surface area contributed by atoms with Crippen LogP contribution in [0.4, 0.5) is 20.2 Å². The third-order valence-electron chi connectivity index (χ3n) is 2.76. The van der Waals surface area contributed by atoms with E-state index >= 15 is 0 Å². The summed E-state index contributed by atoms with van der Waals surface area (Å²) in [6.45, 7) is -2.62. The van der Waals surface area contributed by atoms with Gasteiger partial charge in [-0.25, -0.2) is 0 Å². The van der Waals surface area contributed by atoms with Gasteiger partial charge in [0.25, 0.3) is 0 Å². The van der Waals surface area contributed by atoms with Gasteiger partial charge in [-0.15, -0.1) is 0 Å². The topological polar surface area (TPSA) is 47.3 Å². The molecule has 0 radical (unpaired) electrons. The molecule has 0 saturated heterocycles. The number of nitrogens with one attached hydrogen (secondary N) is 1. The van der Waals surface area contributed by atoms with Gasteiger partial charge in [0.1, 0.15) is 5.75 Å². The van der Waals surface area contributed by atoms with Crippen LogP contribution in [0, 0.1) is 0 Å². The number of benzene rings is 2. The van der Waals surface area contributed by atoms with E-state index < -0.39 is 6.61 Å². The maximum absolute atomic E-state index is 12.4. The SMILES string of the molecule is Nc1ccc(Cl)cc1NCc1c(Br)cccc1OC(F)F.